The van der Waals surface area contributed by atoms with Gasteiger partial charge in [-0.2, -0.15) is 4.98 Å². The van der Waals surface area contributed by atoms with Gasteiger partial charge >= 0.3 is 5.69 Å². The second-order valence-electron chi connectivity index (χ2n) is 23.1. The minimum Gasteiger partial charge on any atom is -0.478 e. The van der Waals surface area contributed by atoms with Gasteiger partial charge in [0.25, 0.3) is 21.8 Å². The number of nitro groups is 1. The minimum atomic E-state index is -4.75. The lowest BCUT2D eigenvalue weighted by Crippen LogP contribution is -2.60. The first-order chi connectivity index (χ1) is 38.3. The number of nitrogens with zero attached hydrogens (tertiary/aromatic N) is 7. The zero-order valence-corrected chi connectivity index (χ0v) is 46.7. The van der Waals surface area contributed by atoms with Crippen molar-refractivity contribution in [1.29, 1.82) is 0 Å². The molecule has 1 amide bonds. The number of pyridine rings is 3. The Bertz CT molecular complexity index is 3410. The average Bonchev–Trinajstić information content (AvgIpc) is 3.85. The molecule has 7 heterocycles. The number of benzene rings is 2. The van der Waals surface area contributed by atoms with Crippen LogP contribution >= 0.6 is 0 Å². The van der Waals surface area contributed by atoms with Crippen molar-refractivity contribution in [1.82, 2.24) is 34.5 Å². The number of sulfonamides is 1. The number of nitrogens with one attached hydrogen (secondary N) is 4. The Morgan fingerprint density at radius 3 is 2.55 bits per heavy atom. The number of aromatic nitrogens is 4. The molecule has 6 aromatic rings. The van der Waals surface area contributed by atoms with Gasteiger partial charge in [0.1, 0.15) is 33.9 Å². The van der Waals surface area contributed by atoms with Crippen LogP contribution in [-0.2, 0) is 16.6 Å². The predicted molar refractivity (Wildman–Crippen MR) is 301 cm³/mol. The summed E-state index contributed by atoms with van der Waals surface area (Å²) in [6, 6.07) is 18.8. The van der Waals surface area contributed by atoms with E-state index < -0.39 is 42.9 Å². The van der Waals surface area contributed by atoms with E-state index in [0.717, 1.165) is 101 Å². The molecule has 2 aliphatic carbocycles. The van der Waals surface area contributed by atoms with Crippen LogP contribution in [0.25, 0.3) is 11.0 Å². The van der Waals surface area contributed by atoms with Crippen LogP contribution in [0.3, 0.4) is 0 Å². The number of hydrogen-bond acceptors (Lipinski definition) is 17. The molecule has 80 heavy (non-hydrogen) atoms. The zero-order valence-electron chi connectivity index (χ0n) is 45.8. The molecule has 3 aliphatic heterocycles. The van der Waals surface area contributed by atoms with Gasteiger partial charge < -0.3 is 39.8 Å². The van der Waals surface area contributed by atoms with E-state index >= 15 is 0 Å². The van der Waals surface area contributed by atoms with Crippen LogP contribution in [0.5, 0.6) is 23.3 Å². The fourth-order valence-electron chi connectivity index (χ4n) is 12.6. The van der Waals surface area contributed by atoms with Gasteiger partial charge in [0, 0.05) is 94.2 Å². The molecule has 2 saturated heterocycles. The maximum Gasteiger partial charge on any atom is 0.312 e. The number of piperazine rings is 1. The van der Waals surface area contributed by atoms with Crippen molar-refractivity contribution < 1.29 is 41.8 Å². The molecule has 22 heteroatoms. The Hall–Kier alpha value is -7.14. The van der Waals surface area contributed by atoms with E-state index in [4.69, 9.17) is 14.2 Å². The normalized spacial score (nSPS) is 22.5. The third-order valence-electron chi connectivity index (χ3n) is 17.2. The van der Waals surface area contributed by atoms with E-state index in [9.17, 15) is 32.8 Å². The molecule has 20 nitrogen and oxygen atoms in total. The summed E-state index contributed by atoms with van der Waals surface area (Å²) in [4.78, 5) is 48.5. The number of carbonyl (C=O) groups is 1. The van der Waals surface area contributed by atoms with Crippen LogP contribution in [0, 0.1) is 27.3 Å². The lowest BCUT2D eigenvalue weighted by atomic mass is 9.59. The number of halogens is 1. The van der Waals surface area contributed by atoms with Crippen molar-refractivity contribution in [2.24, 2.45) is 11.3 Å². The molecular weight excluding hydrogens is 1050 g/mol. The van der Waals surface area contributed by atoms with E-state index in [-0.39, 0.29) is 63.3 Å². The topological polar surface area (TPSA) is 243 Å². The number of rotatable bonds is 16. The Kier molecular flexibility index (Phi) is 15.1. The van der Waals surface area contributed by atoms with Crippen LogP contribution < -0.4 is 34.5 Å². The van der Waals surface area contributed by atoms with Crippen LogP contribution in [0.15, 0.2) is 84.1 Å². The highest BCUT2D eigenvalue weighted by Gasteiger charge is 2.50. The first-order valence-corrected chi connectivity index (χ1v) is 29.2. The Balaban J connectivity index is 0.802. The minimum absolute atomic E-state index is 0.0173. The van der Waals surface area contributed by atoms with Gasteiger partial charge in [-0.3, -0.25) is 24.7 Å². The number of anilines is 3. The molecule has 5 aliphatic rings. The number of amides is 1. The highest BCUT2D eigenvalue weighted by Crippen LogP contribution is 2.54. The number of fused-ring (bicyclic) bond motifs is 2. The average molecular weight is 1120 g/mol. The van der Waals surface area contributed by atoms with Crippen LogP contribution in [0.1, 0.15) is 118 Å². The molecule has 5 N–H and O–H groups in total. The monoisotopic (exact) mass is 1120 g/mol. The predicted octanol–water partition coefficient (Wildman–Crippen LogP) is 9.30. The number of aliphatic hydroxyl groups is 1. The fourth-order valence-corrected chi connectivity index (χ4v) is 13.5. The first-order valence-electron chi connectivity index (χ1n) is 27.8. The van der Waals surface area contributed by atoms with Gasteiger partial charge in [-0.25, -0.2) is 27.5 Å². The molecule has 1 spiro atoms. The van der Waals surface area contributed by atoms with Crippen molar-refractivity contribution in [3.05, 3.63) is 117 Å². The summed E-state index contributed by atoms with van der Waals surface area (Å²) in [6.07, 6.45) is 10.6. The number of piperidine rings is 1. The van der Waals surface area contributed by atoms with Crippen LogP contribution in [0.4, 0.5) is 27.3 Å². The molecule has 424 valence electrons. The van der Waals surface area contributed by atoms with Gasteiger partial charge in [-0.15, -0.1) is 0 Å². The van der Waals surface area contributed by atoms with E-state index in [1.54, 1.807) is 19.1 Å². The zero-order chi connectivity index (χ0) is 56.1. The molecule has 2 aromatic carbocycles. The number of carbonyl (C=O) groups excluding carboxylic acids is 1. The van der Waals surface area contributed by atoms with Crippen molar-refractivity contribution in [2.45, 2.75) is 120 Å². The summed E-state index contributed by atoms with van der Waals surface area (Å²) in [5, 5.41) is 29.3. The Morgan fingerprint density at radius 1 is 1.02 bits per heavy atom. The van der Waals surface area contributed by atoms with Gasteiger partial charge in [0.15, 0.2) is 5.75 Å². The van der Waals surface area contributed by atoms with Gasteiger partial charge in [-0.05, 0) is 117 Å². The van der Waals surface area contributed by atoms with Crippen LogP contribution in [-0.4, -0.2) is 125 Å². The second-order valence-corrected chi connectivity index (χ2v) is 24.8. The van der Waals surface area contributed by atoms with E-state index in [2.05, 4.69) is 94.2 Å². The quantitative estimate of drug-likeness (QED) is 0.0448. The number of aromatic amines is 1. The summed E-state index contributed by atoms with van der Waals surface area (Å²) in [5.74, 6) is -0.731. The third kappa shape index (κ3) is 11.3. The highest BCUT2D eigenvalue weighted by molar-refractivity contribution is 7.90. The van der Waals surface area contributed by atoms with Gasteiger partial charge in [0.2, 0.25) is 11.7 Å². The Morgan fingerprint density at radius 2 is 1.80 bits per heavy atom. The molecule has 11 rings (SSSR count). The summed E-state index contributed by atoms with van der Waals surface area (Å²) in [7, 11) is -3.38. The lowest BCUT2D eigenvalue weighted by molar-refractivity contribution is -0.384. The molecular formula is C58H70FN11O9S. The second kappa shape index (κ2) is 22.1. The Labute approximate surface area is 465 Å². The molecule has 0 bridgehead atoms. The summed E-state index contributed by atoms with van der Waals surface area (Å²) >= 11 is 0. The van der Waals surface area contributed by atoms with E-state index in [1.165, 1.54) is 35.9 Å². The van der Waals surface area contributed by atoms with E-state index in [1.807, 2.05) is 13.1 Å². The van der Waals surface area contributed by atoms with Gasteiger partial charge in [-0.1, -0.05) is 38.1 Å². The summed E-state index contributed by atoms with van der Waals surface area (Å²) in [5.41, 5.74) is 4.50. The standard InChI is InChI=1S/C58H70FN11O9S/c1-35(2)42-8-6-7-9-43(42)48-34-67(33-38-14-19-60-56-51(38)61-29-36(3)78-56)22-23-69(48)40-27-58(28-40)17-20-68(21-18-58)39-10-11-44(49(24-39)79-50-26-45-46(59)32-64-52(45)65-55(50)77-5)54(71)66-80(75,76)41-25-47(70(73)74)53(63-31-41)62-30-37-12-15-57(4,72)16-13-37/h6-11,14,19,24-26,31-32,35-37,40,48,61,72H,12-13,15-18,20-23,27-30,33-34H2,1-5H3,(H,62,63)(H,64,65)(H,66,71)/t36?,37?,48-,57?/m0/s1. The molecule has 4 aromatic heterocycles. The van der Waals surface area contributed by atoms with E-state index in [0.29, 0.717) is 50.1 Å². The van der Waals surface area contributed by atoms with Gasteiger partial charge in [0.05, 0.1) is 41.3 Å². The lowest BCUT2D eigenvalue weighted by Gasteiger charge is -2.58. The molecule has 0 radical (unpaired) electrons. The van der Waals surface area contributed by atoms with Crippen molar-refractivity contribution in [3.8, 4) is 23.3 Å². The highest BCUT2D eigenvalue weighted by atomic mass is 32.2. The third-order valence-corrected chi connectivity index (χ3v) is 18.5. The largest absolute Gasteiger partial charge is 0.478 e. The van der Waals surface area contributed by atoms with Crippen LogP contribution in [0.2, 0.25) is 0 Å². The van der Waals surface area contributed by atoms with Crippen molar-refractivity contribution in [3.63, 3.8) is 0 Å². The van der Waals surface area contributed by atoms with Crippen molar-refractivity contribution >= 4 is 49.8 Å². The molecule has 2 atom stereocenters. The molecule has 1 unspecified atom stereocenters. The number of hydrogen-bond donors (Lipinski definition) is 5. The first kappa shape index (κ1) is 54.8. The maximum absolute atomic E-state index is 15.0. The maximum atomic E-state index is 15.0. The summed E-state index contributed by atoms with van der Waals surface area (Å²) < 4.78 is 62.9. The van der Waals surface area contributed by atoms with Crippen molar-refractivity contribution in [2.75, 3.05) is 68.5 Å². The molecule has 2 saturated carbocycles. The number of methoxy groups -OCH3 is 1. The molecule has 4 fully saturated rings. The summed E-state index contributed by atoms with van der Waals surface area (Å²) in [6.45, 7) is 14.5. The number of H-pyrrole nitrogens is 1. The fraction of sp³-hybridized carbons (Fsp3) is 0.483. The number of ether oxygens (including phenoxy) is 3. The smallest absolute Gasteiger partial charge is 0.312 e. The SMILES string of the molecule is COc1nc2[nH]cc(F)c2cc1Oc1cc(N2CCC3(CC2)CC(N2CCN(Cc4ccnc5c4NCC(C)O5)C[C@H]2c2ccccc2C(C)C)C3)ccc1C(=O)NS(=O)(=O)c1cnc(NCC2CCC(C)(O)CC2)c([N+](=O)[O-])c1.